The molecule has 5 amide bonds. The molecule has 3 aliphatic heterocycles. The number of carbonyl (C=O) groups excluding carboxylic acids is 5. The molecule has 0 bridgehead atoms. The van der Waals surface area contributed by atoms with E-state index in [0.29, 0.717) is 132 Å². The first kappa shape index (κ1) is 54.2. The number of halogens is 3. The number of benzene rings is 2. The molecule has 3 N–H and O–H groups in total. The fraction of sp³-hybridized carbons (Fsp3) is 0.471. The van der Waals surface area contributed by atoms with Crippen molar-refractivity contribution in [1.29, 1.82) is 0 Å². The Hall–Kier alpha value is -6.56. The van der Waals surface area contributed by atoms with E-state index in [-0.39, 0.29) is 62.7 Å². The maximum absolute atomic E-state index is 13.3. The van der Waals surface area contributed by atoms with E-state index < -0.39 is 29.6 Å². The highest BCUT2D eigenvalue weighted by Gasteiger charge is 2.39. The number of fused-ring (bicyclic) bond motifs is 1. The second-order valence-corrected chi connectivity index (χ2v) is 17.2. The van der Waals surface area contributed by atoms with Crippen LogP contribution in [0.25, 0.3) is 11.1 Å². The van der Waals surface area contributed by atoms with Gasteiger partial charge in [-0.25, -0.2) is 4.98 Å². The Balaban J connectivity index is 0.708. The van der Waals surface area contributed by atoms with Crippen LogP contribution in [-0.4, -0.2) is 156 Å². The van der Waals surface area contributed by atoms with E-state index >= 15 is 0 Å². The molecule has 73 heavy (non-hydrogen) atoms. The lowest BCUT2D eigenvalue weighted by molar-refractivity contribution is -0.138. The SMILES string of the molecule is Cc1ncc(NC(=O)c2cccc(C(F)(F)F)c2)cc1-c1cnc(OCCOCCOCCOCCOCC(=O)NCCOCCCc2cccc3c2CN(C2CCC(=O)NC2=O)C3=O)c(N2CCOCC2)c1. The van der Waals surface area contributed by atoms with E-state index in [1.165, 1.54) is 18.3 Å². The minimum absolute atomic E-state index is 0.113. The summed E-state index contributed by atoms with van der Waals surface area (Å²) in [4.78, 5) is 74.8. The number of imide groups is 1. The predicted octanol–water partition coefficient (Wildman–Crippen LogP) is 4.53. The summed E-state index contributed by atoms with van der Waals surface area (Å²) in [7, 11) is 0. The van der Waals surface area contributed by atoms with Gasteiger partial charge in [0.15, 0.2) is 0 Å². The molecule has 2 saturated heterocycles. The minimum Gasteiger partial charge on any atom is -0.474 e. The lowest BCUT2D eigenvalue weighted by Crippen LogP contribution is -2.52. The maximum atomic E-state index is 13.3. The van der Waals surface area contributed by atoms with Crippen LogP contribution in [0.3, 0.4) is 0 Å². The fourth-order valence-corrected chi connectivity index (χ4v) is 8.35. The Morgan fingerprint density at radius 3 is 2.27 bits per heavy atom. The van der Waals surface area contributed by atoms with Crippen molar-refractivity contribution >= 4 is 40.9 Å². The van der Waals surface area contributed by atoms with E-state index in [1.54, 1.807) is 30.2 Å². The molecule has 4 aromatic rings. The second kappa shape index (κ2) is 26.9. The number of hydrogen-bond donors (Lipinski definition) is 3. The third kappa shape index (κ3) is 15.7. The van der Waals surface area contributed by atoms with E-state index in [4.69, 9.17) is 33.2 Å². The summed E-state index contributed by atoms with van der Waals surface area (Å²) in [6, 6.07) is 12.8. The quantitative estimate of drug-likeness (QED) is 0.0552. The summed E-state index contributed by atoms with van der Waals surface area (Å²) in [5.41, 5.74) is 4.51. The van der Waals surface area contributed by atoms with Gasteiger partial charge in [0.2, 0.25) is 23.6 Å². The van der Waals surface area contributed by atoms with Crippen LogP contribution in [0.15, 0.2) is 67.0 Å². The summed E-state index contributed by atoms with van der Waals surface area (Å²) in [5, 5.41) is 7.74. The van der Waals surface area contributed by atoms with Crippen molar-refractivity contribution in [2.24, 2.45) is 0 Å². The van der Waals surface area contributed by atoms with Gasteiger partial charge in [0.05, 0.1) is 83.5 Å². The van der Waals surface area contributed by atoms with Crippen molar-refractivity contribution in [2.45, 2.75) is 51.4 Å². The minimum atomic E-state index is -4.58. The Morgan fingerprint density at radius 1 is 0.822 bits per heavy atom. The third-order valence-electron chi connectivity index (χ3n) is 12.1. The molecule has 0 radical (unpaired) electrons. The molecule has 2 aromatic carbocycles. The van der Waals surface area contributed by atoms with Gasteiger partial charge in [0.25, 0.3) is 11.8 Å². The largest absolute Gasteiger partial charge is 0.474 e. The molecule has 7 rings (SSSR count). The molecule has 22 heteroatoms. The number of hydrogen-bond acceptors (Lipinski definition) is 15. The van der Waals surface area contributed by atoms with Crippen molar-refractivity contribution < 1.29 is 70.3 Å². The van der Waals surface area contributed by atoms with Crippen molar-refractivity contribution in [3.8, 4) is 17.0 Å². The summed E-state index contributed by atoms with van der Waals surface area (Å²) >= 11 is 0. The number of carbonyl (C=O) groups is 5. The van der Waals surface area contributed by atoms with Gasteiger partial charge in [-0.2, -0.15) is 13.2 Å². The summed E-state index contributed by atoms with van der Waals surface area (Å²) in [6.45, 7) is 7.77. The lowest BCUT2D eigenvalue weighted by Gasteiger charge is -2.30. The number of piperidine rings is 1. The first-order valence-corrected chi connectivity index (χ1v) is 24.2. The zero-order chi connectivity index (χ0) is 51.6. The van der Waals surface area contributed by atoms with Crippen molar-refractivity contribution in [2.75, 3.05) is 116 Å². The normalized spacial score (nSPS) is 15.8. The van der Waals surface area contributed by atoms with Gasteiger partial charge in [-0.3, -0.25) is 34.3 Å². The number of ether oxygens (including phenoxy) is 7. The van der Waals surface area contributed by atoms with Crippen LogP contribution in [0, 0.1) is 6.92 Å². The van der Waals surface area contributed by atoms with Gasteiger partial charge < -0.3 is 53.6 Å². The second-order valence-electron chi connectivity index (χ2n) is 17.2. The number of alkyl halides is 3. The van der Waals surface area contributed by atoms with Crippen LogP contribution in [0.1, 0.15) is 62.4 Å². The zero-order valence-corrected chi connectivity index (χ0v) is 40.6. The average molecular weight is 1020 g/mol. The molecular formula is C51H60F3N7O12. The average Bonchev–Trinajstić information content (AvgIpc) is 3.72. The molecule has 0 spiro atoms. The van der Waals surface area contributed by atoms with Crippen LogP contribution in [0.5, 0.6) is 5.88 Å². The highest BCUT2D eigenvalue weighted by atomic mass is 19.4. The molecule has 0 aliphatic carbocycles. The molecule has 2 aromatic heterocycles. The monoisotopic (exact) mass is 1020 g/mol. The fourth-order valence-electron chi connectivity index (χ4n) is 8.35. The summed E-state index contributed by atoms with van der Waals surface area (Å²) in [6.07, 6.45) is 0.409. The molecule has 19 nitrogen and oxygen atoms in total. The third-order valence-corrected chi connectivity index (χ3v) is 12.1. The Morgan fingerprint density at radius 2 is 1.53 bits per heavy atom. The van der Waals surface area contributed by atoms with Crippen LogP contribution in [0.2, 0.25) is 0 Å². The molecule has 0 saturated carbocycles. The Bertz CT molecular complexity index is 2540. The zero-order valence-electron chi connectivity index (χ0n) is 40.6. The molecule has 392 valence electrons. The summed E-state index contributed by atoms with van der Waals surface area (Å²) in [5.74, 6) is -1.52. The van der Waals surface area contributed by atoms with Crippen molar-refractivity contribution in [1.82, 2.24) is 25.5 Å². The van der Waals surface area contributed by atoms with Gasteiger partial charge in [0, 0.05) is 73.4 Å². The van der Waals surface area contributed by atoms with E-state index in [1.807, 2.05) is 18.2 Å². The molecular weight excluding hydrogens is 960 g/mol. The molecule has 5 heterocycles. The molecule has 3 aliphatic rings. The van der Waals surface area contributed by atoms with E-state index in [9.17, 15) is 37.1 Å². The number of pyridine rings is 2. The Labute approximate surface area is 420 Å². The number of morpholine rings is 1. The van der Waals surface area contributed by atoms with Crippen molar-refractivity contribution in [3.63, 3.8) is 0 Å². The van der Waals surface area contributed by atoms with Gasteiger partial charge in [0.1, 0.15) is 24.9 Å². The first-order chi connectivity index (χ1) is 35.4. The molecule has 1 atom stereocenters. The Kier molecular flexibility index (Phi) is 20.0. The topological polar surface area (TPSA) is 218 Å². The first-order valence-electron chi connectivity index (χ1n) is 24.2. The summed E-state index contributed by atoms with van der Waals surface area (Å²) < 4.78 is 79.3. The maximum Gasteiger partial charge on any atom is 0.416 e. The van der Waals surface area contributed by atoms with Crippen LogP contribution in [0.4, 0.5) is 24.5 Å². The van der Waals surface area contributed by atoms with Gasteiger partial charge in [-0.15, -0.1) is 0 Å². The lowest BCUT2D eigenvalue weighted by atomic mass is 10.00. The predicted molar refractivity (Wildman–Crippen MR) is 258 cm³/mol. The number of rotatable bonds is 27. The number of nitrogens with zero attached hydrogens (tertiary/aromatic N) is 4. The van der Waals surface area contributed by atoms with E-state index in [2.05, 4.69) is 30.8 Å². The van der Waals surface area contributed by atoms with Crippen molar-refractivity contribution in [3.05, 3.63) is 101 Å². The standard InChI is InChI=1S/C51H60F3N7O12/c1-34-41(29-39(31-56-34)58-47(64)36-6-2-8-38(27-36)51(52,53)54)37-28-44(60-13-17-68-18-14-60)49(57-30-37)73-26-25-71-22-21-69-19-20-70-23-24-72-33-46(63)55-12-16-67-15-4-7-35-5-3-9-40-42(35)32-61(50(40)66)43-10-11-45(62)59-48(43)65/h2-3,5-6,8-9,27-31,43H,4,7,10-26,32-33H2,1H3,(H,55,63)(H,58,64)(H,59,62,65). The van der Waals surface area contributed by atoms with E-state index in [0.717, 1.165) is 28.9 Å². The van der Waals surface area contributed by atoms with Gasteiger partial charge in [-0.1, -0.05) is 18.2 Å². The number of nitrogens with one attached hydrogen (secondary N) is 3. The van der Waals surface area contributed by atoms with Gasteiger partial charge >= 0.3 is 6.18 Å². The van der Waals surface area contributed by atoms with Crippen LogP contribution < -0.4 is 25.6 Å². The van der Waals surface area contributed by atoms with Gasteiger partial charge in [-0.05, 0) is 73.7 Å². The van der Waals surface area contributed by atoms with Crippen LogP contribution in [-0.2, 0) is 61.9 Å². The highest BCUT2D eigenvalue weighted by Crippen LogP contribution is 2.35. The highest BCUT2D eigenvalue weighted by molar-refractivity contribution is 6.06. The number of anilines is 2. The molecule has 1 unspecified atom stereocenters. The molecule has 2 fully saturated rings. The number of amides is 5. The number of aromatic nitrogens is 2. The van der Waals surface area contributed by atoms with Crippen LogP contribution >= 0.6 is 0 Å². The smallest absolute Gasteiger partial charge is 0.416 e. The number of aryl methyl sites for hydroxylation is 2.